The van der Waals surface area contributed by atoms with Gasteiger partial charge in [0.15, 0.2) is 5.82 Å². The summed E-state index contributed by atoms with van der Waals surface area (Å²) in [6.07, 6.45) is 6.45. The van der Waals surface area contributed by atoms with Gasteiger partial charge in [0.2, 0.25) is 5.28 Å². The summed E-state index contributed by atoms with van der Waals surface area (Å²) in [5.41, 5.74) is 5.53. The van der Waals surface area contributed by atoms with Gasteiger partial charge in [-0.1, -0.05) is 13.3 Å². The molecule has 1 heterocycles. The monoisotopic (exact) mass is 284 g/mol. The molecule has 0 atom stereocenters. The van der Waals surface area contributed by atoms with Crippen LogP contribution in [0.5, 0.6) is 0 Å². The molecule has 5 nitrogen and oxygen atoms in total. The van der Waals surface area contributed by atoms with E-state index >= 15 is 0 Å². The molecule has 4 N–H and O–H groups in total. The molecule has 0 saturated heterocycles. The highest BCUT2D eigenvalue weighted by Gasteiger charge is 2.32. The number of nitrogens with zero attached hydrogens (tertiary/aromatic N) is 2. The van der Waals surface area contributed by atoms with Crippen LogP contribution in [0.25, 0.3) is 0 Å². The molecule has 1 aromatic rings. The van der Waals surface area contributed by atoms with Crippen molar-refractivity contribution in [3.63, 3.8) is 0 Å². The van der Waals surface area contributed by atoms with E-state index in [1.54, 1.807) is 0 Å². The maximum Gasteiger partial charge on any atom is 0.224 e. The van der Waals surface area contributed by atoms with Crippen molar-refractivity contribution < 1.29 is 5.11 Å². The number of hydrogen-bond donors (Lipinski definition) is 3. The predicted molar refractivity (Wildman–Crippen MR) is 77.1 cm³/mol. The summed E-state index contributed by atoms with van der Waals surface area (Å²) in [5, 5.41) is 13.8. The standard InChI is InChI=1S/C13H21ClN4O/c1-2-9-3-5-13(19,6-4-9)8-17-11-10(15)7-16-12(14)18-11/h7,9,19H,2-6,8,15H2,1H3,(H,16,17,18). The van der Waals surface area contributed by atoms with E-state index in [2.05, 4.69) is 22.2 Å². The second-order valence-electron chi connectivity index (χ2n) is 5.37. The first-order chi connectivity index (χ1) is 9.02. The zero-order valence-corrected chi connectivity index (χ0v) is 12.0. The largest absolute Gasteiger partial charge is 0.394 e. The van der Waals surface area contributed by atoms with E-state index in [9.17, 15) is 5.11 Å². The second-order valence-corrected chi connectivity index (χ2v) is 5.71. The van der Waals surface area contributed by atoms with Gasteiger partial charge in [-0.2, -0.15) is 4.98 Å². The van der Waals surface area contributed by atoms with Gasteiger partial charge in [0.1, 0.15) is 0 Å². The molecule has 0 spiro atoms. The number of nitrogens with two attached hydrogens (primary N) is 1. The summed E-state index contributed by atoms with van der Waals surface area (Å²) in [6, 6.07) is 0. The Labute approximate surface area is 118 Å². The van der Waals surface area contributed by atoms with Crippen LogP contribution in [-0.4, -0.2) is 27.2 Å². The molecule has 1 saturated carbocycles. The van der Waals surface area contributed by atoms with Crippen molar-refractivity contribution in [3.8, 4) is 0 Å². The average Bonchev–Trinajstić information content (AvgIpc) is 2.41. The number of hydrogen-bond acceptors (Lipinski definition) is 5. The van der Waals surface area contributed by atoms with Gasteiger partial charge in [0.25, 0.3) is 0 Å². The molecule has 1 aliphatic rings. The van der Waals surface area contributed by atoms with E-state index in [1.807, 2.05) is 0 Å². The van der Waals surface area contributed by atoms with Crippen LogP contribution in [0, 0.1) is 5.92 Å². The van der Waals surface area contributed by atoms with Crippen molar-refractivity contribution in [1.29, 1.82) is 0 Å². The summed E-state index contributed by atoms with van der Waals surface area (Å²) in [4.78, 5) is 7.83. The van der Waals surface area contributed by atoms with Crippen molar-refractivity contribution in [2.75, 3.05) is 17.6 Å². The van der Waals surface area contributed by atoms with E-state index in [0.717, 1.165) is 31.6 Å². The number of rotatable bonds is 4. The minimum absolute atomic E-state index is 0.151. The first kappa shape index (κ1) is 14.3. The lowest BCUT2D eigenvalue weighted by Crippen LogP contribution is -2.40. The Morgan fingerprint density at radius 2 is 2.21 bits per heavy atom. The number of nitrogens with one attached hydrogen (secondary N) is 1. The maximum absolute atomic E-state index is 10.5. The zero-order chi connectivity index (χ0) is 13.9. The van der Waals surface area contributed by atoms with Crippen LogP contribution < -0.4 is 11.1 Å². The third-order valence-electron chi connectivity index (χ3n) is 3.99. The number of aliphatic hydroxyl groups is 1. The van der Waals surface area contributed by atoms with E-state index in [-0.39, 0.29) is 5.28 Å². The normalized spacial score (nSPS) is 27.2. The first-order valence-electron chi connectivity index (χ1n) is 6.77. The van der Waals surface area contributed by atoms with Gasteiger partial charge in [0, 0.05) is 6.54 Å². The van der Waals surface area contributed by atoms with Crippen molar-refractivity contribution in [3.05, 3.63) is 11.5 Å². The van der Waals surface area contributed by atoms with E-state index < -0.39 is 5.60 Å². The van der Waals surface area contributed by atoms with E-state index in [1.165, 1.54) is 12.6 Å². The van der Waals surface area contributed by atoms with Gasteiger partial charge in [0.05, 0.1) is 17.5 Å². The smallest absolute Gasteiger partial charge is 0.224 e. The van der Waals surface area contributed by atoms with E-state index in [0.29, 0.717) is 18.1 Å². The quantitative estimate of drug-likeness (QED) is 0.740. The molecule has 6 heteroatoms. The molecule has 0 aromatic carbocycles. The Balaban J connectivity index is 1.93. The van der Waals surface area contributed by atoms with Crippen LogP contribution >= 0.6 is 11.6 Å². The molecular weight excluding hydrogens is 264 g/mol. The molecule has 1 aromatic heterocycles. The topological polar surface area (TPSA) is 84.1 Å². The number of halogens is 1. The Morgan fingerprint density at radius 1 is 1.53 bits per heavy atom. The third-order valence-corrected chi connectivity index (χ3v) is 4.17. The molecule has 0 aliphatic heterocycles. The molecule has 1 aliphatic carbocycles. The van der Waals surface area contributed by atoms with Crippen LogP contribution in [0.2, 0.25) is 5.28 Å². The molecule has 1 fully saturated rings. The molecule has 19 heavy (non-hydrogen) atoms. The third kappa shape index (κ3) is 3.70. The van der Waals surface area contributed by atoms with Gasteiger partial charge >= 0.3 is 0 Å². The summed E-state index contributed by atoms with van der Waals surface area (Å²) < 4.78 is 0. The summed E-state index contributed by atoms with van der Waals surface area (Å²) in [5.74, 6) is 1.24. The van der Waals surface area contributed by atoms with Crippen molar-refractivity contribution in [2.24, 2.45) is 5.92 Å². The summed E-state index contributed by atoms with van der Waals surface area (Å²) >= 11 is 5.73. The highest BCUT2D eigenvalue weighted by Crippen LogP contribution is 2.34. The molecule has 2 rings (SSSR count). The van der Waals surface area contributed by atoms with Gasteiger partial charge in [-0.25, -0.2) is 4.98 Å². The fourth-order valence-electron chi connectivity index (χ4n) is 2.56. The Hall–Kier alpha value is -1.07. The zero-order valence-electron chi connectivity index (χ0n) is 11.2. The van der Waals surface area contributed by atoms with Crippen LogP contribution in [0.1, 0.15) is 39.0 Å². The lowest BCUT2D eigenvalue weighted by atomic mass is 9.78. The van der Waals surface area contributed by atoms with Gasteiger partial charge < -0.3 is 16.2 Å². The van der Waals surface area contributed by atoms with Crippen LogP contribution in [0.4, 0.5) is 11.5 Å². The van der Waals surface area contributed by atoms with Crippen LogP contribution in [-0.2, 0) is 0 Å². The van der Waals surface area contributed by atoms with Crippen LogP contribution in [0.15, 0.2) is 6.20 Å². The lowest BCUT2D eigenvalue weighted by Gasteiger charge is -2.36. The van der Waals surface area contributed by atoms with E-state index in [4.69, 9.17) is 17.3 Å². The van der Waals surface area contributed by atoms with Gasteiger partial charge in [-0.05, 0) is 43.2 Å². The lowest BCUT2D eigenvalue weighted by molar-refractivity contribution is 0.00224. The van der Waals surface area contributed by atoms with Gasteiger partial charge in [-0.15, -0.1) is 0 Å². The minimum Gasteiger partial charge on any atom is -0.394 e. The fraction of sp³-hybridized carbons (Fsp3) is 0.692. The first-order valence-corrected chi connectivity index (χ1v) is 7.14. The average molecular weight is 285 g/mol. The van der Waals surface area contributed by atoms with Crippen LogP contribution in [0.3, 0.4) is 0 Å². The molecular formula is C13H21ClN4O. The summed E-state index contributed by atoms with van der Waals surface area (Å²) in [6.45, 7) is 2.65. The summed E-state index contributed by atoms with van der Waals surface area (Å²) in [7, 11) is 0. The van der Waals surface area contributed by atoms with Crippen molar-refractivity contribution in [2.45, 2.75) is 44.6 Å². The fourth-order valence-corrected chi connectivity index (χ4v) is 2.69. The molecule has 0 unspecified atom stereocenters. The molecule has 0 amide bonds. The maximum atomic E-state index is 10.5. The number of anilines is 2. The molecule has 0 radical (unpaired) electrons. The Bertz CT molecular complexity index is 433. The number of nitrogen functional groups attached to an aromatic ring is 1. The highest BCUT2D eigenvalue weighted by atomic mass is 35.5. The Kier molecular flexibility index (Phi) is 4.47. The van der Waals surface area contributed by atoms with Gasteiger partial charge in [-0.3, -0.25) is 0 Å². The Morgan fingerprint density at radius 3 is 2.84 bits per heavy atom. The number of aromatic nitrogens is 2. The SMILES string of the molecule is CCC1CCC(O)(CNc2nc(Cl)ncc2N)CC1. The highest BCUT2D eigenvalue weighted by molar-refractivity contribution is 6.28. The molecule has 106 valence electrons. The van der Waals surface area contributed by atoms with Crippen molar-refractivity contribution >= 4 is 23.1 Å². The molecule has 0 bridgehead atoms. The minimum atomic E-state index is -0.671. The van der Waals surface area contributed by atoms with Crippen molar-refractivity contribution in [1.82, 2.24) is 9.97 Å². The predicted octanol–water partition coefficient (Wildman–Crippen LogP) is 2.46. The second kappa shape index (κ2) is 5.92.